The first-order valence-electron chi connectivity index (χ1n) is 5.12. The predicted octanol–water partition coefficient (Wildman–Crippen LogP) is 0.640. The summed E-state index contributed by atoms with van der Waals surface area (Å²) in [5.41, 5.74) is 12.8. The van der Waals surface area contributed by atoms with Gasteiger partial charge in [-0.25, -0.2) is 4.68 Å². The van der Waals surface area contributed by atoms with Crippen LogP contribution >= 0.6 is 0 Å². The molecular weight excluding hydrogens is 202 g/mol. The molecule has 0 saturated carbocycles. The summed E-state index contributed by atoms with van der Waals surface area (Å²) < 4.78 is 1.63. The molecular formula is C11H15N5. The van der Waals surface area contributed by atoms with Crippen LogP contribution in [0, 0.1) is 0 Å². The van der Waals surface area contributed by atoms with Crippen molar-refractivity contribution in [1.29, 1.82) is 0 Å². The van der Waals surface area contributed by atoms with Gasteiger partial charge in [-0.2, -0.15) is 4.98 Å². The quantitative estimate of drug-likeness (QED) is 0.790. The second-order valence-corrected chi connectivity index (χ2v) is 3.75. The van der Waals surface area contributed by atoms with Crippen LogP contribution in [0.25, 0.3) is 0 Å². The third-order valence-corrected chi connectivity index (χ3v) is 2.44. The average molecular weight is 217 g/mol. The fraction of sp³-hybridized carbons (Fsp3) is 0.273. The zero-order valence-electron chi connectivity index (χ0n) is 9.17. The largest absolute Gasteiger partial charge is 0.366 e. The third-order valence-electron chi connectivity index (χ3n) is 2.44. The van der Waals surface area contributed by atoms with Gasteiger partial charge in [-0.15, -0.1) is 5.10 Å². The van der Waals surface area contributed by atoms with Crippen LogP contribution in [-0.2, 0) is 13.5 Å². The summed E-state index contributed by atoms with van der Waals surface area (Å²) in [5.74, 6) is 0.974. The Morgan fingerprint density at radius 2 is 2.00 bits per heavy atom. The maximum Gasteiger partial charge on any atom is 0.239 e. The maximum atomic E-state index is 6.06. The van der Waals surface area contributed by atoms with Gasteiger partial charge in [0, 0.05) is 7.05 Å². The lowest BCUT2D eigenvalue weighted by Gasteiger charge is -2.10. The molecule has 0 radical (unpaired) electrons. The van der Waals surface area contributed by atoms with E-state index in [9.17, 15) is 0 Å². The van der Waals surface area contributed by atoms with Crippen LogP contribution in [0.4, 0.5) is 5.95 Å². The normalized spacial score (nSPS) is 12.6. The smallest absolute Gasteiger partial charge is 0.239 e. The van der Waals surface area contributed by atoms with Crippen LogP contribution in [0.2, 0.25) is 0 Å². The lowest BCUT2D eigenvalue weighted by atomic mass is 10.1. The number of anilines is 1. The van der Waals surface area contributed by atoms with E-state index in [1.165, 1.54) is 5.56 Å². The van der Waals surface area contributed by atoms with Crippen molar-refractivity contribution >= 4 is 5.95 Å². The van der Waals surface area contributed by atoms with Gasteiger partial charge in [0.2, 0.25) is 5.95 Å². The van der Waals surface area contributed by atoms with E-state index in [-0.39, 0.29) is 12.0 Å². The first-order valence-corrected chi connectivity index (χ1v) is 5.12. The van der Waals surface area contributed by atoms with Crippen molar-refractivity contribution in [2.24, 2.45) is 12.8 Å². The lowest BCUT2D eigenvalue weighted by molar-refractivity contribution is 0.601. The maximum absolute atomic E-state index is 6.06. The summed E-state index contributed by atoms with van der Waals surface area (Å²) >= 11 is 0. The molecule has 0 aliphatic heterocycles. The highest BCUT2D eigenvalue weighted by molar-refractivity contribution is 5.20. The van der Waals surface area contributed by atoms with E-state index >= 15 is 0 Å². The molecule has 0 aliphatic rings. The summed E-state index contributed by atoms with van der Waals surface area (Å²) in [7, 11) is 1.80. The Hall–Kier alpha value is -1.88. The molecule has 0 bridgehead atoms. The Morgan fingerprint density at radius 3 is 2.56 bits per heavy atom. The highest BCUT2D eigenvalue weighted by Gasteiger charge is 2.14. The standard InChI is InChI=1S/C11H15N5/c1-16-10(14-11(13)15-16)9(12)7-8-5-3-2-4-6-8/h2-6,9H,7,12H2,1H3,(H2,13,15)/t9-/m0/s1. The van der Waals surface area contributed by atoms with Crippen LogP contribution in [-0.4, -0.2) is 14.8 Å². The summed E-state index contributed by atoms with van der Waals surface area (Å²) in [6.45, 7) is 0. The van der Waals surface area contributed by atoms with E-state index in [1.807, 2.05) is 30.3 Å². The molecule has 4 N–H and O–H groups in total. The number of nitrogens with zero attached hydrogens (tertiary/aromatic N) is 3. The minimum absolute atomic E-state index is 0.183. The topological polar surface area (TPSA) is 82.8 Å². The Bertz CT molecular complexity index is 462. The van der Waals surface area contributed by atoms with Crippen molar-refractivity contribution in [2.75, 3.05) is 5.73 Å². The van der Waals surface area contributed by atoms with Crippen molar-refractivity contribution in [2.45, 2.75) is 12.5 Å². The Labute approximate surface area is 94.1 Å². The highest BCUT2D eigenvalue weighted by atomic mass is 15.4. The van der Waals surface area contributed by atoms with Crippen molar-refractivity contribution in [3.8, 4) is 0 Å². The lowest BCUT2D eigenvalue weighted by Crippen LogP contribution is -2.18. The summed E-state index contributed by atoms with van der Waals surface area (Å²) in [5, 5.41) is 3.98. The number of aryl methyl sites for hydroxylation is 1. The summed E-state index contributed by atoms with van der Waals surface area (Å²) in [6, 6.07) is 9.87. The molecule has 1 aromatic heterocycles. The molecule has 1 atom stereocenters. The van der Waals surface area contributed by atoms with Crippen LogP contribution in [0.5, 0.6) is 0 Å². The van der Waals surface area contributed by atoms with Gasteiger partial charge in [0.15, 0.2) is 0 Å². The molecule has 0 fully saturated rings. The monoisotopic (exact) mass is 217 g/mol. The van der Waals surface area contributed by atoms with E-state index in [4.69, 9.17) is 11.5 Å². The Kier molecular flexibility index (Phi) is 2.87. The minimum Gasteiger partial charge on any atom is -0.366 e. The van der Waals surface area contributed by atoms with Crippen LogP contribution in [0.15, 0.2) is 30.3 Å². The third kappa shape index (κ3) is 2.20. The van der Waals surface area contributed by atoms with Crippen molar-refractivity contribution in [3.63, 3.8) is 0 Å². The van der Waals surface area contributed by atoms with E-state index in [1.54, 1.807) is 11.7 Å². The molecule has 1 heterocycles. The number of benzene rings is 1. The Balaban J connectivity index is 2.14. The van der Waals surface area contributed by atoms with Gasteiger partial charge >= 0.3 is 0 Å². The molecule has 0 aliphatic carbocycles. The summed E-state index contributed by atoms with van der Waals surface area (Å²) in [6.07, 6.45) is 0.729. The molecule has 0 unspecified atom stereocenters. The number of nitrogen functional groups attached to an aromatic ring is 1. The highest BCUT2D eigenvalue weighted by Crippen LogP contribution is 2.14. The van der Waals surface area contributed by atoms with Crippen molar-refractivity contribution < 1.29 is 0 Å². The molecule has 0 spiro atoms. The van der Waals surface area contributed by atoms with Crippen LogP contribution in [0.3, 0.4) is 0 Å². The molecule has 2 rings (SSSR count). The predicted molar refractivity (Wildman–Crippen MR) is 62.5 cm³/mol. The van der Waals surface area contributed by atoms with E-state index < -0.39 is 0 Å². The zero-order valence-corrected chi connectivity index (χ0v) is 9.17. The first-order chi connectivity index (χ1) is 7.66. The van der Waals surface area contributed by atoms with Gasteiger partial charge in [-0.3, -0.25) is 0 Å². The van der Waals surface area contributed by atoms with Gasteiger partial charge in [0.1, 0.15) is 5.82 Å². The molecule has 0 saturated heterocycles. The number of rotatable bonds is 3. The minimum atomic E-state index is -0.183. The van der Waals surface area contributed by atoms with E-state index in [2.05, 4.69) is 10.1 Å². The van der Waals surface area contributed by atoms with Gasteiger partial charge in [-0.1, -0.05) is 30.3 Å². The summed E-state index contributed by atoms with van der Waals surface area (Å²) in [4.78, 5) is 4.11. The SMILES string of the molecule is Cn1nc(N)nc1[C@@H](N)Cc1ccccc1. The fourth-order valence-corrected chi connectivity index (χ4v) is 1.70. The second kappa shape index (κ2) is 4.32. The molecule has 1 aromatic carbocycles. The average Bonchev–Trinajstić information content (AvgIpc) is 2.59. The van der Waals surface area contributed by atoms with Gasteiger partial charge < -0.3 is 11.5 Å². The fourth-order valence-electron chi connectivity index (χ4n) is 1.70. The van der Waals surface area contributed by atoms with Crippen molar-refractivity contribution in [3.05, 3.63) is 41.7 Å². The number of aromatic nitrogens is 3. The molecule has 16 heavy (non-hydrogen) atoms. The van der Waals surface area contributed by atoms with Gasteiger partial charge in [-0.05, 0) is 12.0 Å². The first kappa shape index (κ1) is 10.6. The molecule has 5 heteroatoms. The molecule has 0 amide bonds. The Morgan fingerprint density at radius 1 is 1.31 bits per heavy atom. The zero-order chi connectivity index (χ0) is 11.5. The van der Waals surface area contributed by atoms with Crippen LogP contribution < -0.4 is 11.5 Å². The van der Waals surface area contributed by atoms with E-state index in [0.29, 0.717) is 5.82 Å². The van der Waals surface area contributed by atoms with Gasteiger partial charge in [0.05, 0.1) is 6.04 Å². The number of hydrogen-bond acceptors (Lipinski definition) is 4. The molecule has 2 aromatic rings. The van der Waals surface area contributed by atoms with Gasteiger partial charge in [0.25, 0.3) is 0 Å². The molecule has 5 nitrogen and oxygen atoms in total. The number of hydrogen-bond donors (Lipinski definition) is 2. The second-order valence-electron chi connectivity index (χ2n) is 3.75. The molecule has 84 valence electrons. The van der Waals surface area contributed by atoms with Crippen LogP contribution in [0.1, 0.15) is 17.4 Å². The van der Waals surface area contributed by atoms with Crippen molar-refractivity contribution in [1.82, 2.24) is 14.8 Å². The number of nitrogens with two attached hydrogens (primary N) is 2. The van der Waals surface area contributed by atoms with E-state index in [0.717, 1.165) is 6.42 Å².